The zero-order valence-corrected chi connectivity index (χ0v) is 30.2. The third-order valence-electron chi connectivity index (χ3n) is 9.00. The van der Waals surface area contributed by atoms with Crippen LogP contribution in [-0.4, -0.2) is 89.5 Å². The van der Waals surface area contributed by atoms with Crippen LogP contribution in [0, 0.1) is 5.92 Å². The molecule has 0 aromatic heterocycles. The summed E-state index contributed by atoms with van der Waals surface area (Å²) in [5, 5.41) is 17.8. The molecular weight excluding hydrogens is 655 g/mol. The highest BCUT2D eigenvalue weighted by Gasteiger charge is 2.34. The Morgan fingerprint density at radius 2 is 1.66 bits per heavy atom. The van der Waals surface area contributed by atoms with Gasteiger partial charge in [-0.15, -0.1) is 0 Å². The number of carbonyl (C=O) groups is 2. The molecule has 2 aliphatic rings. The van der Waals surface area contributed by atoms with Crippen molar-refractivity contribution in [2.75, 3.05) is 45.2 Å². The Balaban J connectivity index is 1.31. The Kier molecular flexibility index (Phi) is 13.6. The average Bonchev–Trinajstić information content (AvgIpc) is 3.10. The molecule has 3 aromatic rings. The summed E-state index contributed by atoms with van der Waals surface area (Å²) < 4.78 is 29.7. The van der Waals surface area contributed by atoms with Crippen molar-refractivity contribution < 1.29 is 33.5 Å². The number of ether oxygens (including phenoxy) is 3. The molecule has 0 spiro atoms. The molecule has 2 aliphatic heterocycles. The van der Waals surface area contributed by atoms with E-state index in [0.717, 1.165) is 60.2 Å². The zero-order chi connectivity index (χ0) is 35.5. The molecule has 50 heavy (non-hydrogen) atoms. The number of nitrogens with zero attached hydrogens (tertiary/aromatic N) is 1. The van der Waals surface area contributed by atoms with Crippen molar-refractivity contribution in [1.82, 2.24) is 15.5 Å². The van der Waals surface area contributed by atoms with Gasteiger partial charge < -0.3 is 34.5 Å². The standard InChI is InChI=1S/C39H51N3O7S/c1-39(2,3)49-38(45)41-34(26-28-9-5-4-6-10-28)35(43)27-30(37(44)40-33-17-24-50(46)36-12-8-7-11-32(33)36)25-29-13-15-31(16-14-29)48-23-20-42-18-21-47-22-19-42/h4-16,30,33-35,43H,17-27H2,1-3H3,(H,40,44)(H,41,45)/t30-,33-,34+,35+,50+/m1/s1. The van der Waals surface area contributed by atoms with Gasteiger partial charge in [0.05, 0.1) is 31.4 Å². The lowest BCUT2D eigenvalue weighted by molar-refractivity contribution is -0.127. The van der Waals surface area contributed by atoms with Gasteiger partial charge in [0.1, 0.15) is 23.7 Å². The van der Waals surface area contributed by atoms with Gasteiger partial charge in [0.15, 0.2) is 4.90 Å². The molecule has 2 heterocycles. The van der Waals surface area contributed by atoms with Crippen LogP contribution in [0.1, 0.15) is 56.3 Å². The summed E-state index contributed by atoms with van der Waals surface area (Å²) in [5.41, 5.74) is 2.00. The van der Waals surface area contributed by atoms with Crippen LogP contribution in [0.3, 0.4) is 0 Å². The molecule has 5 rings (SSSR count). The van der Waals surface area contributed by atoms with E-state index in [0.29, 0.717) is 31.6 Å². The SMILES string of the molecule is CC(C)(C)OC(=O)N[C@@H](Cc1ccccc1)[C@@H](O)C[C@@H](Cc1ccc(OCCN2CCOCC2)cc1)C(=O)N[C@@H]1CC[S@+]([O-])c2ccccc21. The van der Waals surface area contributed by atoms with Crippen LogP contribution in [0.2, 0.25) is 0 Å². The van der Waals surface area contributed by atoms with Crippen molar-refractivity contribution in [1.29, 1.82) is 0 Å². The minimum atomic E-state index is -1.11. The van der Waals surface area contributed by atoms with Gasteiger partial charge in [0.2, 0.25) is 5.91 Å². The van der Waals surface area contributed by atoms with Crippen molar-refractivity contribution in [3.05, 3.63) is 95.6 Å². The predicted octanol–water partition coefficient (Wildman–Crippen LogP) is 4.81. The first-order valence-electron chi connectivity index (χ1n) is 17.5. The zero-order valence-electron chi connectivity index (χ0n) is 29.3. The third kappa shape index (κ3) is 11.5. The first kappa shape index (κ1) is 37.6. The lowest BCUT2D eigenvalue weighted by atomic mass is 9.88. The molecule has 0 saturated carbocycles. The number of hydrogen-bond donors (Lipinski definition) is 3. The minimum Gasteiger partial charge on any atom is -0.611 e. The number of hydrogen-bond acceptors (Lipinski definition) is 8. The number of rotatable bonds is 14. The Morgan fingerprint density at radius 1 is 0.980 bits per heavy atom. The quantitative estimate of drug-likeness (QED) is 0.204. The van der Waals surface area contributed by atoms with Gasteiger partial charge in [0.25, 0.3) is 0 Å². The molecule has 11 heteroatoms. The normalized spacial score (nSPS) is 19.8. The van der Waals surface area contributed by atoms with Crippen molar-refractivity contribution in [3.63, 3.8) is 0 Å². The molecule has 0 radical (unpaired) electrons. The van der Waals surface area contributed by atoms with Crippen molar-refractivity contribution in [2.45, 2.75) is 75.1 Å². The smallest absolute Gasteiger partial charge is 0.407 e. The summed E-state index contributed by atoms with van der Waals surface area (Å²) in [7, 11) is 0. The Morgan fingerprint density at radius 3 is 2.38 bits per heavy atom. The molecule has 5 atom stereocenters. The molecule has 0 aliphatic carbocycles. The molecule has 1 saturated heterocycles. The molecule has 3 N–H and O–H groups in total. The number of aliphatic hydroxyl groups is 1. The van der Waals surface area contributed by atoms with E-state index in [9.17, 15) is 19.2 Å². The molecule has 10 nitrogen and oxygen atoms in total. The summed E-state index contributed by atoms with van der Waals surface area (Å²) in [6.07, 6.45) is -0.327. The van der Waals surface area contributed by atoms with Crippen molar-refractivity contribution in [3.8, 4) is 5.75 Å². The summed E-state index contributed by atoms with van der Waals surface area (Å²) >= 11 is -1.11. The van der Waals surface area contributed by atoms with Gasteiger partial charge in [-0.1, -0.05) is 60.7 Å². The average molecular weight is 706 g/mol. The van der Waals surface area contributed by atoms with Crippen molar-refractivity contribution in [2.24, 2.45) is 5.92 Å². The van der Waals surface area contributed by atoms with E-state index < -0.39 is 40.9 Å². The highest BCUT2D eigenvalue weighted by atomic mass is 32.2. The number of amides is 2. The fourth-order valence-corrected chi connectivity index (χ4v) is 7.75. The lowest BCUT2D eigenvalue weighted by Gasteiger charge is -2.31. The number of carbonyl (C=O) groups excluding carboxylic acids is 2. The van der Waals surface area contributed by atoms with Gasteiger partial charge in [-0.3, -0.25) is 9.69 Å². The van der Waals surface area contributed by atoms with Crippen LogP contribution in [0.5, 0.6) is 5.75 Å². The maximum atomic E-state index is 14.1. The van der Waals surface area contributed by atoms with E-state index in [2.05, 4.69) is 15.5 Å². The van der Waals surface area contributed by atoms with E-state index in [-0.39, 0.29) is 18.4 Å². The second kappa shape index (κ2) is 18.1. The summed E-state index contributed by atoms with van der Waals surface area (Å²) in [6, 6.07) is 23.9. The second-order valence-electron chi connectivity index (χ2n) is 14.0. The number of morpholine rings is 1. The van der Waals surface area contributed by atoms with Gasteiger partial charge in [-0.05, 0) is 80.5 Å². The van der Waals surface area contributed by atoms with E-state index in [1.165, 1.54) is 0 Å². The molecule has 0 unspecified atom stereocenters. The van der Waals surface area contributed by atoms with Crippen molar-refractivity contribution >= 4 is 23.2 Å². The molecule has 2 amide bonds. The molecular formula is C39H51N3O7S. The number of aliphatic hydroxyl groups excluding tert-OH is 1. The number of fused-ring (bicyclic) bond motifs is 1. The first-order valence-corrected chi connectivity index (χ1v) is 18.9. The maximum Gasteiger partial charge on any atom is 0.407 e. The number of alkyl carbamates (subject to hydrolysis) is 1. The molecule has 1 fully saturated rings. The first-order chi connectivity index (χ1) is 24.0. The van der Waals surface area contributed by atoms with E-state index in [1.54, 1.807) is 20.8 Å². The van der Waals surface area contributed by atoms with Gasteiger partial charge in [-0.2, -0.15) is 0 Å². The number of benzene rings is 3. The van der Waals surface area contributed by atoms with Crippen LogP contribution in [0.4, 0.5) is 4.79 Å². The highest BCUT2D eigenvalue weighted by Crippen LogP contribution is 2.32. The monoisotopic (exact) mass is 705 g/mol. The van der Waals surface area contributed by atoms with E-state index >= 15 is 0 Å². The fourth-order valence-electron chi connectivity index (χ4n) is 6.38. The van der Waals surface area contributed by atoms with Gasteiger partial charge >= 0.3 is 6.09 Å². The summed E-state index contributed by atoms with van der Waals surface area (Å²) in [6.45, 7) is 10.0. The van der Waals surface area contributed by atoms with Gasteiger partial charge in [-0.25, -0.2) is 4.79 Å². The fraction of sp³-hybridized carbons (Fsp3) is 0.487. The molecule has 3 aromatic carbocycles. The van der Waals surface area contributed by atoms with Crippen LogP contribution in [0.25, 0.3) is 0 Å². The molecule has 270 valence electrons. The largest absolute Gasteiger partial charge is 0.611 e. The van der Waals surface area contributed by atoms with Crippen LogP contribution in [-0.2, 0) is 38.3 Å². The molecule has 0 bridgehead atoms. The lowest BCUT2D eigenvalue weighted by Crippen LogP contribution is -2.48. The summed E-state index contributed by atoms with van der Waals surface area (Å²) in [5.74, 6) is 0.370. The Labute approximate surface area is 299 Å². The van der Waals surface area contributed by atoms with E-state index in [4.69, 9.17) is 14.2 Å². The summed E-state index contributed by atoms with van der Waals surface area (Å²) in [4.78, 5) is 30.1. The Bertz CT molecular complexity index is 1510. The highest BCUT2D eigenvalue weighted by molar-refractivity contribution is 7.91. The van der Waals surface area contributed by atoms with Crippen LogP contribution < -0.4 is 15.4 Å². The topological polar surface area (TPSA) is 132 Å². The second-order valence-corrected chi connectivity index (χ2v) is 15.6. The number of nitrogens with one attached hydrogen (secondary N) is 2. The predicted molar refractivity (Wildman–Crippen MR) is 194 cm³/mol. The maximum absolute atomic E-state index is 14.1. The Hall–Kier alpha value is -3.61. The van der Waals surface area contributed by atoms with Crippen LogP contribution >= 0.6 is 0 Å². The van der Waals surface area contributed by atoms with Gasteiger partial charge in [0, 0.05) is 37.5 Å². The van der Waals surface area contributed by atoms with Crippen LogP contribution in [0.15, 0.2) is 83.8 Å². The van der Waals surface area contributed by atoms with E-state index in [1.807, 2.05) is 78.9 Å². The third-order valence-corrected chi connectivity index (χ3v) is 10.5. The minimum absolute atomic E-state index is 0.0945.